The highest BCUT2D eigenvalue weighted by Crippen LogP contribution is 2.34. The number of carbonyl (C=O) groups is 2. The molecule has 2 aromatic rings. The minimum absolute atomic E-state index is 0.0935. The SMILES string of the molecule is CC(=O)O.CC(=O)O.OCC[C@H]1CN2C[C@H](n3ccnc3-c3ccc(Cl)cc3F)C[C@H]2CO1. The summed E-state index contributed by atoms with van der Waals surface area (Å²) in [7, 11) is 0. The molecule has 2 aliphatic rings. The van der Waals surface area contributed by atoms with Crippen LogP contribution in [0, 0.1) is 5.82 Å². The molecule has 2 saturated heterocycles. The Bertz CT molecular complexity index is 921. The number of imidazole rings is 1. The van der Waals surface area contributed by atoms with E-state index in [9.17, 15) is 4.39 Å². The first kappa shape index (κ1) is 26.7. The largest absolute Gasteiger partial charge is 0.481 e. The minimum Gasteiger partial charge on any atom is -0.481 e. The number of nitrogens with zero attached hydrogens (tertiary/aromatic N) is 3. The number of rotatable bonds is 4. The Labute approximate surface area is 196 Å². The summed E-state index contributed by atoms with van der Waals surface area (Å²) >= 11 is 5.86. The summed E-state index contributed by atoms with van der Waals surface area (Å²) in [6.07, 6.45) is 5.34. The monoisotopic (exact) mass is 485 g/mol. The summed E-state index contributed by atoms with van der Waals surface area (Å²) in [4.78, 5) is 24.8. The summed E-state index contributed by atoms with van der Waals surface area (Å²) in [5.74, 6) is -1.39. The van der Waals surface area contributed by atoms with Crippen molar-refractivity contribution in [3.63, 3.8) is 0 Å². The van der Waals surface area contributed by atoms with Crippen LogP contribution in [0.3, 0.4) is 0 Å². The van der Waals surface area contributed by atoms with Crippen LogP contribution >= 0.6 is 11.6 Å². The van der Waals surface area contributed by atoms with Crippen molar-refractivity contribution in [1.29, 1.82) is 0 Å². The molecule has 182 valence electrons. The lowest BCUT2D eigenvalue weighted by Crippen LogP contribution is -2.46. The van der Waals surface area contributed by atoms with Gasteiger partial charge in [-0.2, -0.15) is 0 Å². The second-order valence-electron chi connectivity index (χ2n) is 7.79. The maximum Gasteiger partial charge on any atom is 0.300 e. The van der Waals surface area contributed by atoms with Crippen LogP contribution in [-0.4, -0.2) is 80.2 Å². The van der Waals surface area contributed by atoms with E-state index in [0.717, 1.165) is 33.4 Å². The normalized spacial score (nSPS) is 21.8. The highest BCUT2D eigenvalue weighted by molar-refractivity contribution is 6.30. The van der Waals surface area contributed by atoms with Crippen molar-refractivity contribution in [3.8, 4) is 11.4 Å². The summed E-state index contributed by atoms with van der Waals surface area (Å²) < 4.78 is 22.2. The van der Waals surface area contributed by atoms with Gasteiger partial charge >= 0.3 is 0 Å². The van der Waals surface area contributed by atoms with Gasteiger partial charge in [-0.05, 0) is 31.0 Å². The van der Waals surface area contributed by atoms with Gasteiger partial charge in [-0.1, -0.05) is 11.6 Å². The Balaban J connectivity index is 0.000000420. The van der Waals surface area contributed by atoms with Gasteiger partial charge in [0.05, 0.1) is 18.3 Å². The van der Waals surface area contributed by atoms with Gasteiger partial charge in [0.15, 0.2) is 0 Å². The van der Waals surface area contributed by atoms with Gasteiger partial charge in [0.2, 0.25) is 0 Å². The fraction of sp³-hybridized carbons (Fsp3) is 0.500. The summed E-state index contributed by atoms with van der Waals surface area (Å²) in [5.41, 5.74) is 0.466. The van der Waals surface area contributed by atoms with E-state index >= 15 is 0 Å². The summed E-state index contributed by atoms with van der Waals surface area (Å²) in [6, 6.07) is 5.28. The molecule has 33 heavy (non-hydrogen) atoms. The summed E-state index contributed by atoms with van der Waals surface area (Å²) in [6.45, 7) is 4.71. The van der Waals surface area contributed by atoms with Gasteiger partial charge in [0.1, 0.15) is 11.6 Å². The van der Waals surface area contributed by atoms with Crippen molar-refractivity contribution in [2.75, 3.05) is 26.3 Å². The molecule has 0 bridgehead atoms. The summed E-state index contributed by atoms with van der Waals surface area (Å²) in [5, 5.41) is 24.3. The number of benzene rings is 1. The number of aromatic nitrogens is 2. The number of fused-ring (bicyclic) bond motifs is 1. The van der Waals surface area contributed by atoms with E-state index in [-0.39, 0.29) is 24.6 Å². The van der Waals surface area contributed by atoms with Crippen molar-refractivity contribution in [2.24, 2.45) is 0 Å². The first-order chi connectivity index (χ1) is 15.6. The second kappa shape index (κ2) is 12.6. The van der Waals surface area contributed by atoms with Gasteiger partial charge in [0, 0.05) is 63.0 Å². The quantitative estimate of drug-likeness (QED) is 0.603. The molecule has 1 aromatic heterocycles. The Morgan fingerprint density at radius 2 is 1.88 bits per heavy atom. The van der Waals surface area contributed by atoms with Crippen molar-refractivity contribution in [1.82, 2.24) is 14.5 Å². The van der Waals surface area contributed by atoms with Crippen LogP contribution in [0.2, 0.25) is 5.02 Å². The van der Waals surface area contributed by atoms with Gasteiger partial charge in [-0.25, -0.2) is 9.37 Å². The number of aliphatic hydroxyl groups excluding tert-OH is 1. The maximum atomic E-state index is 14.3. The zero-order chi connectivity index (χ0) is 24.5. The Hall–Kier alpha value is -2.53. The molecule has 2 aliphatic heterocycles. The van der Waals surface area contributed by atoms with E-state index < -0.39 is 11.9 Å². The minimum atomic E-state index is -0.833. The van der Waals surface area contributed by atoms with Crippen molar-refractivity contribution < 1.29 is 34.0 Å². The molecule has 0 unspecified atom stereocenters. The van der Waals surface area contributed by atoms with Crippen molar-refractivity contribution in [3.05, 3.63) is 41.4 Å². The number of halogens is 2. The molecule has 9 nitrogen and oxygen atoms in total. The first-order valence-corrected chi connectivity index (χ1v) is 10.8. The molecular weight excluding hydrogens is 457 g/mol. The number of carboxylic acids is 2. The second-order valence-corrected chi connectivity index (χ2v) is 8.22. The first-order valence-electron chi connectivity index (χ1n) is 10.5. The smallest absolute Gasteiger partial charge is 0.300 e. The van der Waals surface area contributed by atoms with Crippen molar-refractivity contribution in [2.45, 2.75) is 44.9 Å². The molecule has 0 spiro atoms. The lowest BCUT2D eigenvalue weighted by Gasteiger charge is -2.34. The number of aliphatic hydroxyl groups is 1. The number of carboxylic acid groups (broad SMARTS) is 2. The number of hydrogen-bond acceptors (Lipinski definition) is 6. The standard InChI is InChI=1S/C18H21ClFN3O2.2C2H4O2/c19-12-1-2-16(17(20)7-12)18-21-4-5-23(18)13-8-14-11-25-15(3-6-24)10-22(14)9-13;2*1-2(3)4/h1-2,4-5,7,13-15,24H,3,6,8-11H2;2*1H3,(H,3,4)/t13-,14+,15+;;/m1../s1. The molecule has 3 atom stereocenters. The molecule has 2 fully saturated rings. The fourth-order valence-corrected chi connectivity index (χ4v) is 4.08. The predicted octanol–water partition coefficient (Wildman–Crippen LogP) is 2.92. The molecule has 4 rings (SSSR count). The molecule has 0 radical (unpaired) electrons. The molecule has 0 amide bonds. The maximum absolute atomic E-state index is 14.3. The number of morpholine rings is 1. The average molecular weight is 486 g/mol. The van der Waals surface area contributed by atoms with E-state index in [1.165, 1.54) is 6.07 Å². The molecular formula is C22H29ClFN3O6. The number of aliphatic carboxylic acids is 2. The molecule has 1 aromatic carbocycles. The third-order valence-corrected chi connectivity index (χ3v) is 5.39. The van der Waals surface area contributed by atoms with Crippen LogP contribution in [-0.2, 0) is 14.3 Å². The van der Waals surface area contributed by atoms with E-state index in [1.807, 2.05) is 6.20 Å². The fourth-order valence-electron chi connectivity index (χ4n) is 3.92. The zero-order valence-electron chi connectivity index (χ0n) is 18.5. The predicted molar refractivity (Wildman–Crippen MR) is 120 cm³/mol. The Morgan fingerprint density at radius 1 is 1.21 bits per heavy atom. The lowest BCUT2D eigenvalue weighted by molar-refractivity contribution is -0.135. The van der Waals surface area contributed by atoms with Gasteiger partial charge < -0.3 is 24.6 Å². The van der Waals surface area contributed by atoms with Crippen LogP contribution in [0.1, 0.15) is 32.7 Å². The van der Waals surface area contributed by atoms with Crippen LogP contribution in [0.4, 0.5) is 4.39 Å². The van der Waals surface area contributed by atoms with Crippen LogP contribution < -0.4 is 0 Å². The zero-order valence-corrected chi connectivity index (χ0v) is 19.3. The highest BCUT2D eigenvalue weighted by atomic mass is 35.5. The van der Waals surface area contributed by atoms with Gasteiger partial charge in [0.25, 0.3) is 11.9 Å². The highest BCUT2D eigenvalue weighted by Gasteiger charge is 2.38. The third-order valence-electron chi connectivity index (χ3n) is 5.15. The van der Waals surface area contributed by atoms with E-state index in [1.54, 1.807) is 18.3 Å². The lowest BCUT2D eigenvalue weighted by atomic mass is 10.1. The number of hydrogen-bond donors (Lipinski definition) is 3. The molecule has 3 heterocycles. The topological polar surface area (TPSA) is 125 Å². The molecule has 11 heteroatoms. The van der Waals surface area contributed by atoms with Gasteiger partial charge in [-0.15, -0.1) is 0 Å². The Morgan fingerprint density at radius 3 is 2.48 bits per heavy atom. The average Bonchev–Trinajstić information content (AvgIpc) is 3.33. The molecule has 3 N–H and O–H groups in total. The van der Waals surface area contributed by atoms with Crippen LogP contribution in [0.25, 0.3) is 11.4 Å². The van der Waals surface area contributed by atoms with E-state index in [2.05, 4.69) is 14.5 Å². The van der Waals surface area contributed by atoms with Crippen LogP contribution in [0.5, 0.6) is 0 Å². The Kier molecular flexibility index (Phi) is 10.2. The van der Waals surface area contributed by atoms with Crippen molar-refractivity contribution >= 4 is 23.5 Å². The third kappa shape index (κ3) is 8.08. The van der Waals surface area contributed by atoms with Crippen LogP contribution in [0.15, 0.2) is 30.6 Å². The number of ether oxygens (including phenoxy) is 1. The molecule has 0 saturated carbocycles. The van der Waals surface area contributed by atoms with Gasteiger partial charge in [-0.3, -0.25) is 14.5 Å². The molecule has 0 aliphatic carbocycles. The van der Waals surface area contributed by atoms with E-state index in [4.69, 9.17) is 41.2 Å². The van der Waals surface area contributed by atoms with E-state index in [0.29, 0.717) is 35.5 Å².